The fraction of sp³-hybridized carbons (Fsp3) is 0.167. The van der Waals surface area contributed by atoms with E-state index < -0.39 is 30.2 Å². The molecule has 0 unspecified atom stereocenters. The average molecular weight is 246 g/mol. The summed E-state index contributed by atoms with van der Waals surface area (Å²) in [5.41, 5.74) is 0.552. The number of imide groups is 2. The third kappa shape index (κ3) is 2.00. The van der Waals surface area contributed by atoms with Crippen LogP contribution in [0, 0.1) is 0 Å². The smallest absolute Gasteiger partial charge is 0.262 e. The molecule has 0 spiro atoms. The van der Waals surface area contributed by atoms with E-state index in [9.17, 15) is 19.2 Å². The van der Waals surface area contributed by atoms with Crippen LogP contribution in [0.2, 0.25) is 0 Å². The first-order valence-electron chi connectivity index (χ1n) is 5.26. The number of nitrogens with one attached hydrogen (secondary N) is 1. The van der Waals surface area contributed by atoms with E-state index in [4.69, 9.17) is 0 Å². The van der Waals surface area contributed by atoms with Gasteiger partial charge in [-0.2, -0.15) is 0 Å². The van der Waals surface area contributed by atoms with Gasteiger partial charge in [-0.3, -0.25) is 29.4 Å². The summed E-state index contributed by atoms with van der Waals surface area (Å²) in [6, 6.07) is 6.34. The number of amides is 4. The molecule has 0 atom stereocenters. The molecule has 1 aliphatic heterocycles. The molecule has 0 radical (unpaired) electrons. The van der Waals surface area contributed by atoms with Gasteiger partial charge in [-0.15, -0.1) is 0 Å². The van der Waals surface area contributed by atoms with Crippen LogP contribution in [0.1, 0.15) is 27.6 Å². The summed E-state index contributed by atoms with van der Waals surface area (Å²) < 4.78 is 0. The van der Waals surface area contributed by atoms with E-state index >= 15 is 0 Å². The highest BCUT2D eigenvalue weighted by Gasteiger charge is 2.36. The van der Waals surface area contributed by atoms with Crippen molar-refractivity contribution in [3.8, 4) is 0 Å². The first-order valence-corrected chi connectivity index (χ1v) is 5.26. The van der Waals surface area contributed by atoms with E-state index in [2.05, 4.69) is 0 Å². The molecule has 0 bridgehead atoms. The minimum absolute atomic E-state index is 0.276. The highest BCUT2D eigenvalue weighted by atomic mass is 16.2. The molecule has 6 heteroatoms. The molecule has 1 aromatic carbocycles. The SMILES string of the molecule is CC(=O)NC(=O)CN1C(=O)c2ccccc2C1=O. The minimum atomic E-state index is -0.683. The van der Waals surface area contributed by atoms with Crippen molar-refractivity contribution in [3.63, 3.8) is 0 Å². The number of rotatable bonds is 2. The molecule has 4 amide bonds. The summed E-state index contributed by atoms with van der Waals surface area (Å²) in [6.07, 6.45) is 0. The van der Waals surface area contributed by atoms with Crippen LogP contribution in [0.5, 0.6) is 0 Å². The normalized spacial score (nSPS) is 13.5. The molecular formula is C12H10N2O4. The van der Waals surface area contributed by atoms with Gasteiger partial charge in [0.05, 0.1) is 11.1 Å². The lowest BCUT2D eigenvalue weighted by Gasteiger charge is -2.12. The van der Waals surface area contributed by atoms with Crippen molar-refractivity contribution in [2.75, 3.05) is 6.54 Å². The maximum atomic E-state index is 11.9. The van der Waals surface area contributed by atoms with E-state index in [1.54, 1.807) is 12.1 Å². The Kier molecular flexibility index (Phi) is 2.93. The van der Waals surface area contributed by atoms with Gasteiger partial charge in [-0.1, -0.05) is 12.1 Å². The summed E-state index contributed by atoms with van der Waals surface area (Å²) >= 11 is 0. The second-order valence-electron chi connectivity index (χ2n) is 3.85. The van der Waals surface area contributed by atoms with Crippen molar-refractivity contribution in [3.05, 3.63) is 35.4 Å². The summed E-state index contributed by atoms with van der Waals surface area (Å²) in [6.45, 7) is 0.728. The second-order valence-corrected chi connectivity index (χ2v) is 3.85. The Morgan fingerprint density at radius 3 is 2.06 bits per heavy atom. The van der Waals surface area contributed by atoms with Crippen molar-refractivity contribution in [1.29, 1.82) is 0 Å². The molecular weight excluding hydrogens is 236 g/mol. The number of benzene rings is 1. The number of fused-ring (bicyclic) bond motifs is 1. The fourth-order valence-electron chi connectivity index (χ4n) is 1.76. The van der Waals surface area contributed by atoms with Crippen LogP contribution in [-0.2, 0) is 9.59 Å². The Morgan fingerprint density at radius 1 is 1.11 bits per heavy atom. The molecule has 0 aromatic heterocycles. The predicted molar refractivity (Wildman–Crippen MR) is 60.6 cm³/mol. The van der Waals surface area contributed by atoms with Gasteiger partial charge < -0.3 is 0 Å². The molecule has 0 fully saturated rings. The van der Waals surface area contributed by atoms with E-state index in [-0.39, 0.29) is 11.1 Å². The van der Waals surface area contributed by atoms with Crippen LogP contribution in [0.25, 0.3) is 0 Å². The van der Waals surface area contributed by atoms with E-state index in [0.717, 1.165) is 4.90 Å². The van der Waals surface area contributed by atoms with Crippen molar-refractivity contribution in [2.24, 2.45) is 0 Å². The summed E-state index contributed by atoms with van der Waals surface area (Å²) in [5.74, 6) is -2.25. The first-order chi connectivity index (χ1) is 8.50. The standard InChI is InChI=1S/C12H10N2O4/c1-7(15)13-10(16)6-14-11(17)8-4-2-3-5-9(8)12(14)18/h2-5H,6H2,1H3,(H,13,15,16). The quantitative estimate of drug-likeness (QED) is 0.741. The van der Waals surface area contributed by atoms with Gasteiger partial charge in [0, 0.05) is 6.92 Å². The lowest BCUT2D eigenvalue weighted by molar-refractivity contribution is -0.129. The van der Waals surface area contributed by atoms with Crippen LogP contribution >= 0.6 is 0 Å². The van der Waals surface area contributed by atoms with E-state index in [0.29, 0.717) is 0 Å². The zero-order valence-corrected chi connectivity index (χ0v) is 9.60. The predicted octanol–water partition coefficient (Wildman–Crippen LogP) is -0.0547. The third-order valence-corrected chi connectivity index (χ3v) is 2.50. The Labute approximate surface area is 103 Å². The highest BCUT2D eigenvalue weighted by molar-refractivity contribution is 6.22. The monoisotopic (exact) mass is 246 g/mol. The van der Waals surface area contributed by atoms with Crippen LogP contribution < -0.4 is 5.32 Å². The molecule has 0 aliphatic carbocycles. The van der Waals surface area contributed by atoms with Gasteiger partial charge in [0.1, 0.15) is 6.54 Å². The van der Waals surface area contributed by atoms with Crippen LogP contribution in [-0.4, -0.2) is 35.1 Å². The average Bonchev–Trinajstić information content (AvgIpc) is 2.54. The molecule has 1 N–H and O–H groups in total. The summed E-state index contributed by atoms with van der Waals surface area (Å²) in [4.78, 5) is 46.6. The van der Waals surface area contributed by atoms with Gasteiger partial charge >= 0.3 is 0 Å². The largest absolute Gasteiger partial charge is 0.295 e. The number of carbonyl (C=O) groups excluding carboxylic acids is 4. The van der Waals surface area contributed by atoms with Gasteiger partial charge in [0.2, 0.25) is 11.8 Å². The van der Waals surface area contributed by atoms with Crippen molar-refractivity contribution in [2.45, 2.75) is 6.92 Å². The Balaban J connectivity index is 2.19. The topological polar surface area (TPSA) is 83.6 Å². The summed E-state index contributed by atoms with van der Waals surface area (Å²) in [7, 11) is 0. The number of hydrogen-bond donors (Lipinski definition) is 1. The zero-order valence-electron chi connectivity index (χ0n) is 9.60. The van der Waals surface area contributed by atoms with Gasteiger partial charge in [-0.25, -0.2) is 0 Å². The lowest BCUT2D eigenvalue weighted by Crippen LogP contribution is -2.41. The number of carbonyl (C=O) groups is 4. The Hall–Kier alpha value is -2.50. The Morgan fingerprint density at radius 2 is 1.61 bits per heavy atom. The Bertz CT molecular complexity index is 530. The van der Waals surface area contributed by atoms with Crippen LogP contribution in [0.4, 0.5) is 0 Å². The van der Waals surface area contributed by atoms with Crippen LogP contribution in [0.3, 0.4) is 0 Å². The van der Waals surface area contributed by atoms with E-state index in [1.165, 1.54) is 19.1 Å². The molecule has 0 saturated carbocycles. The second kappa shape index (κ2) is 4.40. The third-order valence-electron chi connectivity index (χ3n) is 2.50. The fourth-order valence-corrected chi connectivity index (χ4v) is 1.76. The van der Waals surface area contributed by atoms with Crippen molar-refractivity contribution < 1.29 is 19.2 Å². The molecule has 92 valence electrons. The molecule has 1 aliphatic rings. The summed E-state index contributed by atoms with van der Waals surface area (Å²) in [5, 5.41) is 2.01. The molecule has 18 heavy (non-hydrogen) atoms. The maximum Gasteiger partial charge on any atom is 0.262 e. The number of nitrogens with zero attached hydrogens (tertiary/aromatic N) is 1. The minimum Gasteiger partial charge on any atom is -0.295 e. The molecule has 6 nitrogen and oxygen atoms in total. The van der Waals surface area contributed by atoms with E-state index in [1.807, 2.05) is 5.32 Å². The van der Waals surface area contributed by atoms with Gasteiger partial charge in [-0.05, 0) is 12.1 Å². The molecule has 0 saturated heterocycles. The molecule has 2 rings (SSSR count). The molecule has 1 heterocycles. The molecule has 1 aromatic rings. The van der Waals surface area contributed by atoms with Gasteiger partial charge in [0.25, 0.3) is 11.8 Å². The van der Waals surface area contributed by atoms with Crippen LogP contribution in [0.15, 0.2) is 24.3 Å². The lowest BCUT2D eigenvalue weighted by atomic mass is 10.1. The van der Waals surface area contributed by atoms with Crippen molar-refractivity contribution >= 4 is 23.6 Å². The van der Waals surface area contributed by atoms with Gasteiger partial charge in [0.15, 0.2) is 0 Å². The highest BCUT2D eigenvalue weighted by Crippen LogP contribution is 2.21. The zero-order chi connectivity index (χ0) is 13.3. The maximum absolute atomic E-state index is 11.9. The number of hydrogen-bond acceptors (Lipinski definition) is 4. The van der Waals surface area contributed by atoms with Crippen molar-refractivity contribution in [1.82, 2.24) is 10.2 Å². The first kappa shape index (κ1) is 12.0.